The third-order valence-electron chi connectivity index (χ3n) is 2.28. The quantitative estimate of drug-likeness (QED) is 0.898. The monoisotopic (exact) mass is 258 g/mol. The van der Waals surface area contributed by atoms with Gasteiger partial charge in [-0.25, -0.2) is 0 Å². The van der Waals surface area contributed by atoms with Crippen LogP contribution in [0.3, 0.4) is 0 Å². The highest BCUT2D eigenvalue weighted by Crippen LogP contribution is 2.29. The molecule has 0 aliphatic rings. The maximum Gasteiger partial charge on any atom is 0.417 e. The molecule has 6 heteroatoms. The molecule has 1 atom stereocenters. The van der Waals surface area contributed by atoms with Gasteiger partial charge in [0, 0.05) is 11.1 Å². The van der Waals surface area contributed by atoms with Crippen molar-refractivity contribution in [3.05, 3.63) is 52.0 Å². The van der Waals surface area contributed by atoms with Gasteiger partial charge in [0.1, 0.15) is 0 Å². The molecule has 90 valence electrons. The third kappa shape index (κ3) is 2.65. The molecule has 0 aliphatic carbocycles. The fourth-order valence-corrected chi connectivity index (χ4v) is 2.11. The Morgan fingerprint density at radius 2 is 2.00 bits per heavy atom. The van der Waals surface area contributed by atoms with E-state index in [1.54, 1.807) is 0 Å². The third-order valence-corrected chi connectivity index (χ3v) is 3.24. The summed E-state index contributed by atoms with van der Waals surface area (Å²) in [5.41, 5.74) is 5.55. The number of halogens is 3. The molecule has 0 saturated heterocycles. The van der Waals surface area contributed by atoms with Gasteiger partial charge in [-0.2, -0.15) is 13.2 Å². The number of rotatable bonds is 2. The normalized spacial score (nSPS) is 13.6. The van der Waals surface area contributed by atoms with Gasteiger partial charge in [0.15, 0.2) is 0 Å². The Morgan fingerprint density at radius 1 is 1.24 bits per heavy atom. The molecule has 0 fully saturated rings. The van der Waals surface area contributed by atoms with Crippen LogP contribution in [0.2, 0.25) is 0 Å². The lowest BCUT2D eigenvalue weighted by molar-refractivity contribution is -0.137. The molecule has 0 bridgehead atoms. The highest BCUT2D eigenvalue weighted by atomic mass is 32.1. The van der Waals surface area contributed by atoms with Gasteiger partial charge in [-0.05, 0) is 23.6 Å². The molecule has 0 amide bonds. The van der Waals surface area contributed by atoms with E-state index >= 15 is 0 Å². The average molecular weight is 258 g/mol. The minimum Gasteiger partial charge on any atom is -0.318 e. The summed E-state index contributed by atoms with van der Waals surface area (Å²) in [5, 5.41) is 1.86. The highest BCUT2D eigenvalue weighted by Gasteiger charge is 2.30. The van der Waals surface area contributed by atoms with Gasteiger partial charge >= 0.3 is 6.18 Å². The van der Waals surface area contributed by atoms with Gasteiger partial charge in [-0.3, -0.25) is 4.98 Å². The Morgan fingerprint density at radius 3 is 2.47 bits per heavy atom. The zero-order valence-corrected chi connectivity index (χ0v) is 9.42. The van der Waals surface area contributed by atoms with Crippen molar-refractivity contribution in [1.29, 1.82) is 0 Å². The first-order valence-electron chi connectivity index (χ1n) is 4.80. The summed E-state index contributed by atoms with van der Waals surface area (Å²) in [5.74, 6) is 0. The number of nitrogens with two attached hydrogens (primary N) is 1. The van der Waals surface area contributed by atoms with E-state index in [9.17, 15) is 13.2 Å². The van der Waals surface area contributed by atoms with Crippen LogP contribution in [-0.2, 0) is 6.18 Å². The van der Waals surface area contributed by atoms with E-state index in [1.807, 2.05) is 17.5 Å². The van der Waals surface area contributed by atoms with Crippen LogP contribution in [0.4, 0.5) is 13.2 Å². The molecule has 0 aliphatic heterocycles. The minimum absolute atomic E-state index is 0.431. The Bertz CT molecular complexity index is 476. The Kier molecular flexibility index (Phi) is 3.17. The Hall–Kier alpha value is -1.40. The Labute approximate surface area is 99.9 Å². The van der Waals surface area contributed by atoms with Gasteiger partial charge in [0.05, 0.1) is 17.3 Å². The van der Waals surface area contributed by atoms with Crippen molar-refractivity contribution in [3.63, 3.8) is 0 Å². The molecule has 0 radical (unpaired) electrons. The minimum atomic E-state index is -4.36. The largest absolute Gasteiger partial charge is 0.417 e. The van der Waals surface area contributed by atoms with Crippen LogP contribution in [-0.4, -0.2) is 4.98 Å². The fourth-order valence-electron chi connectivity index (χ4n) is 1.37. The lowest BCUT2D eigenvalue weighted by Gasteiger charge is -2.11. The van der Waals surface area contributed by atoms with E-state index in [2.05, 4.69) is 4.98 Å². The Balaban J connectivity index is 2.24. The summed E-state index contributed by atoms with van der Waals surface area (Å²) in [6.07, 6.45) is -3.55. The number of hydrogen-bond donors (Lipinski definition) is 1. The number of nitrogens with zero attached hydrogens (tertiary/aromatic N) is 1. The number of alkyl halides is 3. The lowest BCUT2D eigenvalue weighted by Crippen LogP contribution is -2.13. The van der Waals surface area contributed by atoms with Gasteiger partial charge < -0.3 is 5.73 Å². The predicted octanol–water partition coefficient (Wildman–Crippen LogP) is 3.21. The lowest BCUT2D eigenvalue weighted by atomic mass is 10.1. The molecule has 17 heavy (non-hydrogen) atoms. The zero-order chi connectivity index (χ0) is 12.5. The van der Waals surface area contributed by atoms with Crippen molar-refractivity contribution in [1.82, 2.24) is 4.98 Å². The van der Waals surface area contributed by atoms with Crippen molar-refractivity contribution in [2.75, 3.05) is 0 Å². The van der Waals surface area contributed by atoms with E-state index in [4.69, 9.17) is 5.73 Å². The van der Waals surface area contributed by atoms with E-state index in [0.717, 1.165) is 17.1 Å². The van der Waals surface area contributed by atoms with Gasteiger partial charge in [-0.1, -0.05) is 6.07 Å². The van der Waals surface area contributed by atoms with E-state index in [0.29, 0.717) is 5.69 Å². The summed E-state index contributed by atoms with van der Waals surface area (Å²) >= 11 is 1.45. The molecule has 2 rings (SSSR count). The first-order valence-corrected chi connectivity index (χ1v) is 5.68. The SMILES string of the molecule is NC(c1ccc(C(F)(F)F)cn1)c1cccs1. The van der Waals surface area contributed by atoms with Crippen LogP contribution in [0.1, 0.15) is 22.2 Å². The second kappa shape index (κ2) is 4.46. The number of thiophene rings is 1. The van der Waals surface area contributed by atoms with Crippen molar-refractivity contribution < 1.29 is 13.2 Å². The van der Waals surface area contributed by atoms with Gasteiger partial charge in [0.2, 0.25) is 0 Å². The molecule has 2 aromatic rings. The fraction of sp³-hybridized carbons (Fsp3) is 0.182. The topological polar surface area (TPSA) is 38.9 Å². The summed E-state index contributed by atoms with van der Waals surface area (Å²) in [4.78, 5) is 4.64. The van der Waals surface area contributed by atoms with Crippen molar-refractivity contribution in [3.8, 4) is 0 Å². The van der Waals surface area contributed by atoms with Crippen LogP contribution in [0.15, 0.2) is 35.8 Å². The van der Waals surface area contributed by atoms with Gasteiger partial charge in [-0.15, -0.1) is 11.3 Å². The van der Waals surface area contributed by atoms with Crippen LogP contribution in [0.25, 0.3) is 0 Å². The van der Waals surface area contributed by atoms with Crippen molar-refractivity contribution in [2.45, 2.75) is 12.2 Å². The number of aromatic nitrogens is 1. The molecule has 2 aromatic heterocycles. The highest BCUT2D eigenvalue weighted by molar-refractivity contribution is 7.10. The number of hydrogen-bond acceptors (Lipinski definition) is 3. The number of pyridine rings is 1. The summed E-state index contributed by atoms with van der Waals surface area (Å²) in [7, 11) is 0. The molecule has 0 spiro atoms. The van der Waals surface area contributed by atoms with Gasteiger partial charge in [0.25, 0.3) is 0 Å². The molecule has 2 N–H and O–H groups in total. The zero-order valence-electron chi connectivity index (χ0n) is 8.61. The van der Waals surface area contributed by atoms with Crippen LogP contribution in [0, 0.1) is 0 Å². The van der Waals surface area contributed by atoms with Crippen LogP contribution in [0.5, 0.6) is 0 Å². The second-order valence-electron chi connectivity index (χ2n) is 3.46. The molecule has 1 unspecified atom stereocenters. The van der Waals surface area contributed by atoms with Crippen LogP contribution >= 0.6 is 11.3 Å². The van der Waals surface area contributed by atoms with E-state index < -0.39 is 17.8 Å². The molecular weight excluding hydrogens is 249 g/mol. The summed E-state index contributed by atoms with van der Waals surface area (Å²) in [6, 6.07) is 5.50. The summed E-state index contributed by atoms with van der Waals surface area (Å²) in [6.45, 7) is 0. The average Bonchev–Trinajstić information content (AvgIpc) is 2.80. The molecule has 2 nitrogen and oxygen atoms in total. The van der Waals surface area contributed by atoms with Crippen LogP contribution < -0.4 is 5.73 Å². The first kappa shape index (κ1) is 12.1. The second-order valence-corrected chi connectivity index (χ2v) is 4.44. The van der Waals surface area contributed by atoms with E-state index in [-0.39, 0.29) is 0 Å². The maximum absolute atomic E-state index is 12.3. The van der Waals surface area contributed by atoms with Crippen molar-refractivity contribution >= 4 is 11.3 Å². The first-order chi connectivity index (χ1) is 7.98. The predicted molar refractivity (Wildman–Crippen MR) is 59.6 cm³/mol. The molecule has 0 aromatic carbocycles. The summed E-state index contributed by atoms with van der Waals surface area (Å²) < 4.78 is 37.0. The standard InChI is InChI=1S/C11H9F3N2S/c12-11(13,14)7-3-4-8(16-6-7)10(15)9-2-1-5-17-9/h1-6,10H,15H2. The molecular formula is C11H9F3N2S. The maximum atomic E-state index is 12.3. The van der Waals surface area contributed by atoms with E-state index in [1.165, 1.54) is 17.4 Å². The smallest absolute Gasteiger partial charge is 0.318 e. The molecule has 0 saturated carbocycles. The van der Waals surface area contributed by atoms with Crippen molar-refractivity contribution in [2.24, 2.45) is 5.73 Å². The molecule has 2 heterocycles.